The first-order valence-corrected chi connectivity index (χ1v) is 4.46. The van der Waals surface area contributed by atoms with Crippen LogP contribution < -0.4 is 0 Å². The second kappa shape index (κ2) is 3.74. The molecular weight excluding hydrogens is 138 g/mol. The van der Waals surface area contributed by atoms with E-state index in [1.54, 1.807) is 0 Å². The van der Waals surface area contributed by atoms with E-state index < -0.39 is 0 Å². The summed E-state index contributed by atoms with van der Waals surface area (Å²) in [6.45, 7) is 5.34. The SMILES string of the molecule is CC(C)C1CCCCN1C=O. The summed E-state index contributed by atoms with van der Waals surface area (Å²) in [6.07, 6.45) is 4.66. The van der Waals surface area contributed by atoms with Crippen LogP contribution in [0.2, 0.25) is 0 Å². The first-order chi connectivity index (χ1) is 5.25. The Labute approximate surface area is 68.6 Å². The van der Waals surface area contributed by atoms with Crippen molar-refractivity contribution in [1.29, 1.82) is 0 Å². The molecule has 1 aliphatic rings. The van der Waals surface area contributed by atoms with Crippen LogP contribution in [0.3, 0.4) is 0 Å². The van der Waals surface area contributed by atoms with Gasteiger partial charge in [0.25, 0.3) is 0 Å². The molecule has 0 aliphatic carbocycles. The molecule has 1 unspecified atom stereocenters. The smallest absolute Gasteiger partial charge is 0.209 e. The van der Waals surface area contributed by atoms with Crippen LogP contribution in [0.5, 0.6) is 0 Å². The first-order valence-electron chi connectivity index (χ1n) is 4.46. The average Bonchev–Trinajstić information content (AvgIpc) is 2.04. The lowest BCUT2D eigenvalue weighted by atomic mass is 9.93. The van der Waals surface area contributed by atoms with Gasteiger partial charge in [-0.1, -0.05) is 13.8 Å². The average molecular weight is 155 g/mol. The number of hydrogen-bond acceptors (Lipinski definition) is 1. The molecule has 0 radical (unpaired) electrons. The third-order valence-electron chi connectivity index (χ3n) is 2.50. The van der Waals surface area contributed by atoms with Crippen LogP contribution in [0.15, 0.2) is 0 Å². The summed E-state index contributed by atoms with van der Waals surface area (Å²) in [4.78, 5) is 12.6. The van der Waals surface area contributed by atoms with Crippen molar-refractivity contribution in [2.24, 2.45) is 5.92 Å². The molecule has 11 heavy (non-hydrogen) atoms. The van der Waals surface area contributed by atoms with E-state index in [2.05, 4.69) is 13.8 Å². The molecule has 1 rings (SSSR count). The molecule has 0 N–H and O–H groups in total. The van der Waals surface area contributed by atoms with Crippen LogP contribution in [0.4, 0.5) is 0 Å². The van der Waals surface area contributed by atoms with Gasteiger partial charge in [-0.2, -0.15) is 0 Å². The summed E-state index contributed by atoms with van der Waals surface area (Å²) in [5.74, 6) is 0.612. The number of amides is 1. The van der Waals surface area contributed by atoms with Crippen LogP contribution in [-0.2, 0) is 4.79 Å². The van der Waals surface area contributed by atoms with Gasteiger partial charge in [-0.25, -0.2) is 0 Å². The molecule has 0 aromatic heterocycles. The minimum Gasteiger partial charge on any atom is -0.342 e. The highest BCUT2D eigenvalue weighted by Gasteiger charge is 2.22. The van der Waals surface area contributed by atoms with Crippen molar-refractivity contribution in [1.82, 2.24) is 4.90 Å². The molecule has 0 bridgehead atoms. The van der Waals surface area contributed by atoms with E-state index in [-0.39, 0.29) is 0 Å². The zero-order valence-corrected chi connectivity index (χ0v) is 7.42. The summed E-state index contributed by atoms with van der Waals surface area (Å²) in [7, 11) is 0. The van der Waals surface area contributed by atoms with E-state index in [0.29, 0.717) is 12.0 Å². The summed E-state index contributed by atoms with van der Waals surface area (Å²) in [5.41, 5.74) is 0. The van der Waals surface area contributed by atoms with Gasteiger partial charge < -0.3 is 4.90 Å². The highest BCUT2D eigenvalue weighted by Crippen LogP contribution is 2.21. The topological polar surface area (TPSA) is 20.3 Å². The molecular formula is C9H17NO. The maximum absolute atomic E-state index is 10.6. The molecule has 2 heteroatoms. The van der Waals surface area contributed by atoms with Crippen molar-refractivity contribution in [3.05, 3.63) is 0 Å². The minimum absolute atomic E-state index is 0.501. The van der Waals surface area contributed by atoms with Crippen molar-refractivity contribution in [3.8, 4) is 0 Å². The maximum Gasteiger partial charge on any atom is 0.209 e. The van der Waals surface area contributed by atoms with Gasteiger partial charge in [-0.3, -0.25) is 4.79 Å². The lowest BCUT2D eigenvalue weighted by Crippen LogP contribution is -2.41. The van der Waals surface area contributed by atoms with Gasteiger partial charge in [0.15, 0.2) is 0 Å². The van der Waals surface area contributed by atoms with Crippen molar-refractivity contribution in [3.63, 3.8) is 0 Å². The quantitative estimate of drug-likeness (QED) is 0.555. The van der Waals surface area contributed by atoms with E-state index >= 15 is 0 Å². The van der Waals surface area contributed by atoms with Crippen LogP contribution in [0, 0.1) is 5.92 Å². The Morgan fingerprint density at radius 1 is 1.45 bits per heavy atom. The number of piperidine rings is 1. The van der Waals surface area contributed by atoms with Crippen molar-refractivity contribution in [2.75, 3.05) is 6.54 Å². The van der Waals surface area contributed by atoms with Gasteiger partial charge >= 0.3 is 0 Å². The predicted molar refractivity (Wildman–Crippen MR) is 45.2 cm³/mol. The van der Waals surface area contributed by atoms with Gasteiger partial charge in [0.1, 0.15) is 0 Å². The molecule has 64 valence electrons. The number of hydrogen-bond donors (Lipinski definition) is 0. The highest BCUT2D eigenvalue weighted by atomic mass is 16.1. The van der Waals surface area contributed by atoms with E-state index in [1.165, 1.54) is 19.3 Å². The molecule has 2 nitrogen and oxygen atoms in total. The summed E-state index contributed by atoms with van der Waals surface area (Å²) < 4.78 is 0. The molecule has 1 atom stereocenters. The molecule has 1 amide bonds. The van der Waals surface area contributed by atoms with Gasteiger partial charge in [0.05, 0.1) is 0 Å². The predicted octanol–water partition coefficient (Wildman–Crippen LogP) is 1.65. The summed E-state index contributed by atoms with van der Waals surface area (Å²) in [6, 6.07) is 0.501. The van der Waals surface area contributed by atoms with Gasteiger partial charge in [-0.15, -0.1) is 0 Å². The monoisotopic (exact) mass is 155 g/mol. The van der Waals surface area contributed by atoms with Crippen molar-refractivity contribution < 1.29 is 4.79 Å². The van der Waals surface area contributed by atoms with E-state index in [1.807, 2.05) is 4.90 Å². The Morgan fingerprint density at radius 3 is 2.64 bits per heavy atom. The fraction of sp³-hybridized carbons (Fsp3) is 0.889. The van der Waals surface area contributed by atoms with E-state index in [9.17, 15) is 4.79 Å². The summed E-state index contributed by atoms with van der Waals surface area (Å²) >= 11 is 0. The van der Waals surface area contributed by atoms with Crippen LogP contribution in [-0.4, -0.2) is 23.9 Å². The van der Waals surface area contributed by atoms with E-state index in [4.69, 9.17) is 0 Å². The zero-order chi connectivity index (χ0) is 8.27. The molecule has 0 aromatic carbocycles. The van der Waals surface area contributed by atoms with Crippen LogP contribution >= 0.6 is 0 Å². The third-order valence-corrected chi connectivity index (χ3v) is 2.50. The number of nitrogens with zero attached hydrogens (tertiary/aromatic N) is 1. The first kappa shape index (κ1) is 8.57. The van der Waals surface area contributed by atoms with Gasteiger partial charge in [0.2, 0.25) is 6.41 Å². The number of likely N-dealkylation sites (tertiary alicyclic amines) is 1. The van der Waals surface area contributed by atoms with Gasteiger partial charge in [-0.05, 0) is 25.2 Å². The standard InChI is InChI=1S/C9H17NO/c1-8(2)9-5-3-4-6-10(9)7-11/h7-9H,3-6H2,1-2H3. The third kappa shape index (κ3) is 1.95. The lowest BCUT2D eigenvalue weighted by Gasteiger charge is -2.35. The van der Waals surface area contributed by atoms with Crippen molar-refractivity contribution >= 4 is 6.41 Å². The fourth-order valence-electron chi connectivity index (χ4n) is 1.83. The maximum atomic E-state index is 10.6. The van der Waals surface area contributed by atoms with Crippen LogP contribution in [0.1, 0.15) is 33.1 Å². The van der Waals surface area contributed by atoms with Crippen LogP contribution in [0.25, 0.3) is 0 Å². The molecule has 0 saturated carbocycles. The molecule has 1 heterocycles. The van der Waals surface area contributed by atoms with E-state index in [0.717, 1.165) is 13.0 Å². The Morgan fingerprint density at radius 2 is 2.18 bits per heavy atom. The molecule has 0 aromatic rings. The second-order valence-corrected chi connectivity index (χ2v) is 3.65. The number of carbonyl (C=O) groups excluding carboxylic acids is 1. The van der Waals surface area contributed by atoms with Crippen molar-refractivity contribution in [2.45, 2.75) is 39.2 Å². The largest absolute Gasteiger partial charge is 0.342 e. The minimum atomic E-state index is 0.501. The zero-order valence-electron chi connectivity index (χ0n) is 7.42. The molecule has 0 spiro atoms. The number of carbonyl (C=O) groups is 1. The lowest BCUT2D eigenvalue weighted by molar-refractivity contribution is -0.122. The number of rotatable bonds is 2. The molecule has 1 saturated heterocycles. The fourth-order valence-corrected chi connectivity index (χ4v) is 1.83. The Balaban J connectivity index is 2.51. The van der Waals surface area contributed by atoms with Gasteiger partial charge in [0, 0.05) is 12.6 Å². The Bertz CT molecular complexity index is 134. The Kier molecular flexibility index (Phi) is 2.92. The normalized spacial score (nSPS) is 25.7. The molecule has 1 fully saturated rings. The summed E-state index contributed by atoms with van der Waals surface area (Å²) in [5, 5.41) is 0. The second-order valence-electron chi connectivity index (χ2n) is 3.65. The highest BCUT2D eigenvalue weighted by molar-refractivity contribution is 5.48. The molecule has 1 aliphatic heterocycles. The Hall–Kier alpha value is -0.530.